The summed E-state index contributed by atoms with van der Waals surface area (Å²) in [4.78, 5) is 13.4. The predicted octanol–water partition coefficient (Wildman–Crippen LogP) is 4.14. The summed E-state index contributed by atoms with van der Waals surface area (Å²) in [5.41, 5.74) is 2.00. The van der Waals surface area contributed by atoms with E-state index in [2.05, 4.69) is 11.4 Å². The van der Waals surface area contributed by atoms with Gasteiger partial charge >= 0.3 is 0 Å². The van der Waals surface area contributed by atoms with Crippen LogP contribution in [0.25, 0.3) is 6.08 Å². The van der Waals surface area contributed by atoms with Gasteiger partial charge < -0.3 is 19.5 Å². The summed E-state index contributed by atoms with van der Waals surface area (Å²) in [6.07, 6.45) is 3.77. The van der Waals surface area contributed by atoms with Gasteiger partial charge in [-0.15, -0.1) is 11.3 Å². The molecule has 146 valence electrons. The molecule has 6 nitrogen and oxygen atoms in total. The fraction of sp³-hybridized carbons (Fsp3) is 0.333. The zero-order valence-corrected chi connectivity index (χ0v) is 17.1. The summed E-state index contributed by atoms with van der Waals surface area (Å²) in [5, 5.41) is 13.0. The number of hydrogen-bond acceptors (Lipinski definition) is 6. The number of nitrogens with one attached hydrogen (secondary N) is 1. The van der Waals surface area contributed by atoms with E-state index in [0.717, 1.165) is 16.0 Å². The summed E-state index contributed by atoms with van der Waals surface area (Å²) in [6.45, 7) is 4.46. The molecular weight excluding hydrogens is 376 g/mol. The Labute approximate surface area is 168 Å². The van der Waals surface area contributed by atoms with Crippen LogP contribution >= 0.6 is 11.3 Å². The molecule has 0 fully saturated rings. The number of amides is 1. The molecule has 0 atom stereocenters. The number of hydrogen-bond donors (Lipinski definition) is 1. The van der Waals surface area contributed by atoms with Gasteiger partial charge in [-0.2, -0.15) is 5.26 Å². The highest BCUT2D eigenvalue weighted by Crippen LogP contribution is 2.40. The van der Waals surface area contributed by atoms with E-state index in [1.165, 1.54) is 17.4 Å². The second-order valence-electron chi connectivity index (χ2n) is 6.98. The van der Waals surface area contributed by atoms with Gasteiger partial charge in [0.2, 0.25) is 5.91 Å². The normalized spacial score (nSPS) is 15.0. The minimum absolute atomic E-state index is 0.301. The second kappa shape index (κ2) is 8.05. The first-order chi connectivity index (χ1) is 13.4. The van der Waals surface area contributed by atoms with Crippen LogP contribution in [0.1, 0.15) is 35.4 Å². The lowest BCUT2D eigenvalue weighted by molar-refractivity contribution is -0.111. The molecule has 1 aliphatic heterocycles. The monoisotopic (exact) mass is 398 g/mol. The molecule has 0 unspecified atom stereocenters. The fourth-order valence-corrected chi connectivity index (χ4v) is 4.13. The van der Waals surface area contributed by atoms with Crippen molar-refractivity contribution in [3.63, 3.8) is 0 Å². The number of nitriles is 1. The van der Waals surface area contributed by atoms with E-state index in [1.807, 2.05) is 19.9 Å². The first-order valence-corrected chi connectivity index (χ1v) is 9.58. The maximum Gasteiger partial charge on any atom is 0.249 e. The van der Waals surface area contributed by atoms with Crippen LogP contribution in [0.3, 0.4) is 0 Å². The van der Waals surface area contributed by atoms with Crippen molar-refractivity contribution in [2.45, 2.75) is 32.5 Å². The van der Waals surface area contributed by atoms with Gasteiger partial charge in [-0.05, 0) is 43.2 Å². The lowest BCUT2D eigenvalue weighted by atomic mass is 9.93. The summed E-state index contributed by atoms with van der Waals surface area (Å²) in [5.74, 6) is 0.910. The maximum atomic E-state index is 12.4. The number of benzene rings is 1. The maximum absolute atomic E-state index is 12.4. The third-order valence-corrected chi connectivity index (χ3v) is 5.59. The predicted molar refractivity (Wildman–Crippen MR) is 109 cm³/mol. The number of thiophene rings is 1. The highest BCUT2D eigenvalue weighted by molar-refractivity contribution is 7.16. The molecule has 2 heterocycles. The van der Waals surface area contributed by atoms with Gasteiger partial charge in [0.05, 0.1) is 32.0 Å². The topological polar surface area (TPSA) is 80.6 Å². The zero-order chi connectivity index (χ0) is 20.3. The molecule has 0 saturated carbocycles. The van der Waals surface area contributed by atoms with Crippen molar-refractivity contribution in [3.8, 4) is 17.6 Å². The van der Waals surface area contributed by atoms with Gasteiger partial charge in [-0.25, -0.2) is 0 Å². The van der Waals surface area contributed by atoms with Gasteiger partial charge in [0.25, 0.3) is 0 Å². The van der Waals surface area contributed by atoms with E-state index in [0.29, 0.717) is 35.1 Å². The quantitative estimate of drug-likeness (QED) is 0.766. The first-order valence-electron chi connectivity index (χ1n) is 8.76. The van der Waals surface area contributed by atoms with Crippen LogP contribution in [-0.2, 0) is 22.6 Å². The Hall–Kier alpha value is -2.82. The summed E-state index contributed by atoms with van der Waals surface area (Å²) in [7, 11) is 3.13. The minimum Gasteiger partial charge on any atom is -0.493 e. The minimum atomic E-state index is -0.311. The molecule has 1 N–H and O–H groups in total. The summed E-state index contributed by atoms with van der Waals surface area (Å²) in [6, 6.07) is 7.62. The Morgan fingerprint density at radius 1 is 1.32 bits per heavy atom. The molecule has 7 heteroatoms. The lowest BCUT2D eigenvalue weighted by Gasteiger charge is -2.29. The number of anilines is 1. The molecular formula is C21H22N2O4S. The SMILES string of the molecule is COc1ccc(/C=C\C(=O)Nc2sc3c(c2C#N)CC(C)(C)OC3)cc1OC. The van der Waals surface area contributed by atoms with E-state index in [-0.39, 0.29) is 11.5 Å². The Kier molecular flexibility index (Phi) is 5.73. The van der Waals surface area contributed by atoms with Gasteiger partial charge in [-0.3, -0.25) is 4.79 Å². The van der Waals surface area contributed by atoms with Gasteiger partial charge in [0.15, 0.2) is 11.5 Å². The van der Waals surface area contributed by atoms with Crippen LogP contribution in [0.4, 0.5) is 5.00 Å². The molecule has 0 spiro atoms. The third kappa shape index (κ3) is 4.19. The van der Waals surface area contributed by atoms with Gasteiger partial charge in [0.1, 0.15) is 11.1 Å². The summed E-state index contributed by atoms with van der Waals surface area (Å²) < 4.78 is 16.3. The first kappa shape index (κ1) is 19.9. The van der Waals surface area contributed by atoms with Gasteiger partial charge in [-0.1, -0.05) is 6.07 Å². The number of nitrogens with zero attached hydrogens (tertiary/aromatic N) is 1. The fourth-order valence-electron chi connectivity index (χ4n) is 3.04. The second-order valence-corrected chi connectivity index (χ2v) is 8.09. The highest BCUT2D eigenvalue weighted by Gasteiger charge is 2.31. The molecule has 0 aliphatic carbocycles. The molecule has 28 heavy (non-hydrogen) atoms. The largest absolute Gasteiger partial charge is 0.493 e. The van der Waals surface area contributed by atoms with Crippen molar-refractivity contribution >= 4 is 28.3 Å². The van der Waals surface area contributed by atoms with Crippen molar-refractivity contribution in [2.24, 2.45) is 0 Å². The Morgan fingerprint density at radius 3 is 2.75 bits per heavy atom. The smallest absolute Gasteiger partial charge is 0.249 e. The van der Waals surface area contributed by atoms with Crippen LogP contribution in [0.2, 0.25) is 0 Å². The van der Waals surface area contributed by atoms with Crippen molar-refractivity contribution < 1.29 is 19.0 Å². The number of carbonyl (C=O) groups excluding carboxylic acids is 1. The Balaban J connectivity index is 1.76. The Morgan fingerprint density at radius 2 is 2.07 bits per heavy atom. The number of rotatable bonds is 5. The van der Waals surface area contributed by atoms with E-state index < -0.39 is 0 Å². The third-order valence-electron chi connectivity index (χ3n) is 4.47. The molecule has 1 aromatic heterocycles. The zero-order valence-electron chi connectivity index (χ0n) is 16.3. The van der Waals surface area contributed by atoms with E-state index >= 15 is 0 Å². The van der Waals surface area contributed by atoms with E-state index in [9.17, 15) is 10.1 Å². The van der Waals surface area contributed by atoms with Crippen molar-refractivity contribution in [1.29, 1.82) is 5.26 Å². The molecule has 0 saturated heterocycles. The van der Waals surface area contributed by atoms with Crippen molar-refractivity contribution in [3.05, 3.63) is 45.8 Å². The lowest BCUT2D eigenvalue weighted by Crippen LogP contribution is -2.31. The molecule has 0 radical (unpaired) electrons. The van der Waals surface area contributed by atoms with Crippen LogP contribution in [-0.4, -0.2) is 25.7 Å². The average molecular weight is 398 g/mol. The number of ether oxygens (including phenoxy) is 3. The van der Waals surface area contributed by atoms with E-state index in [1.54, 1.807) is 32.4 Å². The van der Waals surface area contributed by atoms with Crippen LogP contribution in [0.15, 0.2) is 24.3 Å². The van der Waals surface area contributed by atoms with Crippen LogP contribution in [0.5, 0.6) is 11.5 Å². The van der Waals surface area contributed by atoms with Gasteiger partial charge in [0, 0.05) is 17.4 Å². The standard InChI is InChI=1S/C21H22N2O4S/c1-21(2)10-14-15(11-22)20(28-18(14)12-27-21)23-19(24)8-6-13-5-7-16(25-3)17(9-13)26-4/h5-9H,10,12H2,1-4H3,(H,23,24)/b8-6-. The average Bonchev–Trinajstić information content (AvgIpc) is 3.00. The molecule has 3 rings (SSSR count). The number of methoxy groups -OCH3 is 2. The molecule has 1 amide bonds. The number of fused-ring (bicyclic) bond motifs is 1. The molecule has 1 aliphatic rings. The van der Waals surface area contributed by atoms with Crippen molar-refractivity contribution in [2.75, 3.05) is 19.5 Å². The highest BCUT2D eigenvalue weighted by atomic mass is 32.1. The molecule has 0 bridgehead atoms. The van der Waals surface area contributed by atoms with E-state index in [4.69, 9.17) is 14.2 Å². The molecule has 2 aromatic rings. The van der Waals surface area contributed by atoms with Crippen molar-refractivity contribution in [1.82, 2.24) is 0 Å². The molecule has 1 aromatic carbocycles. The Bertz CT molecular complexity index is 970. The number of carbonyl (C=O) groups is 1. The van der Waals surface area contributed by atoms with Crippen LogP contribution in [0, 0.1) is 11.3 Å². The van der Waals surface area contributed by atoms with Crippen LogP contribution < -0.4 is 14.8 Å². The summed E-state index contributed by atoms with van der Waals surface area (Å²) >= 11 is 1.40.